The number of phenolic OH excluding ortho intramolecular Hbond substituents is 2. The average molecular weight is 579 g/mol. The smallest absolute Gasteiger partial charge is 0.229 e. The van der Waals surface area contributed by atoms with Crippen molar-refractivity contribution in [3.05, 3.63) is 52.7 Å². The molecule has 41 heavy (non-hydrogen) atoms. The van der Waals surface area contributed by atoms with Crippen LogP contribution in [0.1, 0.15) is 6.92 Å². The molecule has 2 fully saturated rings. The molecule has 0 radical (unpaired) electrons. The molecule has 222 valence electrons. The number of aromatic hydroxyl groups is 2. The first-order chi connectivity index (χ1) is 19.4. The van der Waals surface area contributed by atoms with E-state index in [0.29, 0.717) is 5.56 Å². The number of hydrogen-bond donors (Lipinski definition) is 8. The van der Waals surface area contributed by atoms with Gasteiger partial charge in [-0.05, 0) is 31.2 Å². The second-order valence-corrected chi connectivity index (χ2v) is 9.98. The Morgan fingerprint density at radius 1 is 0.780 bits per heavy atom. The topological polar surface area (TPSA) is 229 Å². The van der Waals surface area contributed by atoms with Crippen molar-refractivity contribution in [1.29, 1.82) is 0 Å². The van der Waals surface area contributed by atoms with Gasteiger partial charge in [0.25, 0.3) is 0 Å². The van der Waals surface area contributed by atoms with Crippen molar-refractivity contribution < 1.29 is 64.2 Å². The molecule has 5 rings (SSSR count). The molecule has 0 amide bonds. The van der Waals surface area contributed by atoms with Crippen LogP contribution < -0.4 is 10.2 Å². The molecule has 1 aromatic heterocycles. The maximum atomic E-state index is 12.7. The van der Waals surface area contributed by atoms with Crippen LogP contribution in [0.25, 0.3) is 22.3 Å². The lowest BCUT2D eigenvalue weighted by atomic mass is 9.98. The van der Waals surface area contributed by atoms with Gasteiger partial charge in [0.15, 0.2) is 11.7 Å². The summed E-state index contributed by atoms with van der Waals surface area (Å²) in [5.41, 5.74) is -0.149. The predicted molar refractivity (Wildman–Crippen MR) is 137 cm³/mol. The van der Waals surface area contributed by atoms with E-state index in [-0.39, 0.29) is 28.2 Å². The Balaban J connectivity index is 1.35. The van der Waals surface area contributed by atoms with Crippen LogP contribution in [0.2, 0.25) is 0 Å². The van der Waals surface area contributed by atoms with Crippen molar-refractivity contribution in [1.82, 2.24) is 0 Å². The van der Waals surface area contributed by atoms with Gasteiger partial charge >= 0.3 is 0 Å². The lowest BCUT2D eigenvalue weighted by Crippen LogP contribution is -2.61. The first kappa shape index (κ1) is 29.2. The number of rotatable bonds is 6. The standard InChI is InChI=1S/C27H30O14/c1-10-20(31)22(33)24(35)26(38-10)37-9-18-21(32)23(34)25(36)27(41-18)39-13-6-14(29)19-15(30)8-16(40-17(19)7-13)11-2-4-12(28)5-3-11/h2-8,10,18,20-29,31-36H,9H2,1H3/t10-,18-,20+,21+,22-,23-,24-,25+,26-,27+/m0/s1. The Hall–Kier alpha value is -3.31. The molecular formula is C27H30O14. The van der Waals surface area contributed by atoms with Gasteiger partial charge in [-0.2, -0.15) is 0 Å². The predicted octanol–water partition coefficient (Wildman–Crippen LogP) is -1.10. The zero-order chi connectivity index (χ0) is 29.6. The maximum absolute atomic E-state index is 12.7. The van der Waals surface area contributed by atoms with Gasteiger partial charge in [-0.3, -0.25) is 4.79 Å². The highest BCUT2D eigenvalue weighted by molar-refractivity contribution is 5.86. The fraction of sp³-hybridized carbons (Fsp3) is 0.444. The van der Waals surface area contributed by atoms with E-state index in [4.69, 9.17) is 23.4 Å². The molecule has 3 heterocycles. The summed E-state index contributed by atoms with van der Waals surface area (Å²) < 4.78 is 27.9. The van der Waals surface area contributed by atoms with Crippen LogP contribution in [0.5, 0.6) is 17.2 Å². The Labute approximate surface area is 231 Å². The zero-order valence-electron chi connectivity index (χ0n) is 21.5. The number of ether oxygens (including phenoxy) is 4. The number of phenols is 2. The minimum absolute atomic E-state index is 0.0145. The fourth-order valence-corrected chi connectivity index (χ4v) is 4.71. The molecule has 0 aliphatic carbocycles. The van der Waals surface area contributed by atoms with Gasteiger partial charge in [0, 0.05) is 23.8 Å². The zero-order valence-corrected chi connectivity index (χ0v) is 21.5. The Kier molecular flexibility index (Phi) is 8.20. The van der Waals surface area contributed by atoms with Gasteiger partial charge in [0.2, 0.25) is 6.29 Å². The van der Waals surface area contributed by atoms with Gasteiger partial charge < -0.3 is 64.2 Å². The Bertz CT molecular complexity index is 1420. The van der Waals surface area contributed by atoms with E-state index < -0.39 is 79.2 Å². The maximum Gasteiger partial charge on any atom is 0.229 e. The van der Waals surface area contributed by atoms with Crippen molar-refractivity contribution in [3.8, 4) is 28.6 Å². The second-order valence-electron chi connectivity index (χ2n) is 9.98. The van der Waals surface area contributed by atoms with Crippen molar-refractivity contribution in [2.24, 2.45) is 0 Å². The molecule has 10 atom stereocenters. The number of aliphatic hydroxyl groups excluding tert-OH is 6. The molecule has 14 heteroatoms. The SMILES string of the molecule is C[C@@H]1O[C@H](OC[C@@H]2O[C@@H](Oc3cc(O)c4c(=O)cc(-c5ccc(O)cc5)oc4c3)[C@H](O)[C@@H](O)[C@@H]2O)[C@@H](O)[C@@H](O)[C@@H]1O. The third-order valence-corrected chi connectivity index (χ3v) is 7.09. The molecule has 8 N–H and O–H groups in total. The lowest BCUT2D eigenvalue weighted by molar-refractivity contribution is -0.318. The molecular weight excluding hydrogens is 548 g/mol. The number of benzene rings is 2. The molecule has 2 aliphatic heterocycles. The highest BCUT2D eigenvalue weighted by atomic mass is 16.7. The summed E-state index contributed by atoms with van der Waals surface area (Å²) >= 11 is 0. The minimum atomic E-state index is -1.76. The van der Waals surface area contributed by atoms with Gasteiger partial charge in [-0.15, -0.1) is 0 Å². The third kappa shape index (κ3) is 5.74. The van der Waals surface area contributed by atoms with Crippen molar-refractivity contribution in [3.63, 3.8) is 0 Å². The summed E-state index contributed by atoms with van der Waals surface area (Å²) in [6.07, 6.45) is -14.9. The highest BCUT2D eigenvalue weighted by Crippen LogP contribution is 2.34. The fourth-order valence-electron chi connectivity index (χ4n) is 4.71. The van der Waals surface area contributed by atoms with Crippen LogP contribution in [0, 0.1) is 0 Å². The van der Waals surface area contributed by atoms with E-state index in [9.17, 15) is 45.6 Å². The third-order valence-electron chi connectivity index (χ3n) is 7.09. The molecule has 3 aromatic rings. The molecule has 0 unspecified atom stereocenters. The Morgan fingerprint density at radius 2 is 1.44 bits per heavy atom. The van der Waals surface area contributed by atoms with Crippen molar-refractivity contribution >= 4 is 11.0 Å². The van der Waals surface area contributed by atoms with Crippen LogP contribution in [0.4, 0.5) is 0 Å². The van der Waals surface area contributed by atoms with E-state index in [1.807, 2.05) is 0 Å². The van der Waals surface area contributed by atoms with E-state index in [0.717, 1.165) is 6.07 Å². The second kappa shape index (κ2) is 11.5. The van der Waals surface area contributed by atoms with E-state index in [2.05, 4.69) is 0 Å². The quantitative estimate of drug-likeness (QED) is 0.174. The summed E-state index contributed by atoms with van der Waals surface area (Å²) in [6.45, 7) is 0.969. The van der Waals surface area contributed by atoms with Crippen LogP contribution in [-0.4, -0.2) is 109 Å². The first-order valence-corrected chi connectivity index (χ1v) is 12.7. The van der Waals surface area contributed by atoms with Crippen LogP contribution >= 0.6 is 0 Å². The first-order valence-electron chi connectivity index (χ1n) is 12.7. The van der Waals surface area contributed by atoms with E-state index in [1.54, 1.807) is 0 Å². The van der Waals surface area contributed by atoms with Gasteiger partial charge in [-0.25, -0.2) is 0 Å². The number of fused-ring (bicyclic) bond motifs is 1. The average Bonchev–Trinajstić information content (AvgIpc) is 2.94. The molecule has 2 aromatic carbocycles. The molecule has 2 aliphatic rings. The number of aliphatic hydroxyl groups is 6. The summed E-state index contributed by atoms with van der Waals surface area (Å²) in [5.74, 6) is -0.457. The normalized spacial score (nSPS) is 34.0. The van der Waals surface area contributed by atoms with Crippen LogP contribution in [0.15, 0.2) is 51.7 Å². The highest BCUT2D eigenvalue weighted by Gasteiger charge is 2.47. The van der Waals surface area contributed by atoms with Gasteiger partial charge in [0.05, 0.1) is 12.7 Å². The monoisotopic (exact) mass is 578 g/mol. The molecule has 0 spiro atoms. The molecule has 0 bridgehead atoms. The largest absolute Gasteiger partial charge is 0.508 e. The van der Waals surface area contributed by atoms with E-state index >= 15 is 0 Å². The summed E-state index contributed by atoms with van der Waals surface area (Å²) in [7, 11) is 0. The van der Waals surface area contributed by atoms with Gasteiger partial charge in [0.1, 0.15) is 76.7 Å². The van der Waals surface area contributed by atoms with Gasteiger partial charge in [-0.1, -0.05) is 0 Å². The van der Waals surface area contributed by atoms with Crippen LogP contribution in [0.3, 0.4) is 0 Å². The van der Waals surface area contributed by atoms with E-state index in [1.165, 1.54) is 43.3 Å². The minimum Gasteiger partial charge on any atom is -0.508 e. The molecule has 14 nitrogen and oxygen atoms in total. The summed E-state index contributed by atoms with van der Waals surface area (Å²) in [4.78, 5) is 12.7. The Morgan fingerprint density at radius 3 is 2.15 bits per heavy atom. The van der Waals surface area contributed by atoms with Crippen molar-refractivity contribution in [2.75, 3.05) is 6.61 Å². The van der Waals surface area contributed by atoms with Crippen LogP contribution in [-0.2, 0) is 14.2 Å². The lowest BCUT2D eigenvalue weighted by Gasteiger charge is -2.42. The molecule has 0 saturated carbocycles. The number of hydrogen-bond acceptors (Lipinski definition) is 14. The molecule has 2 saturated heterocycles. The summed E-state index contributed by atoms with van der Waals surface area (Å²) in [6, 6.07) is 9.40. The summed E-state index contributed by atoms with van der Waals surface area (Å²) in [5, 5.41) is 81.2. The van der Waals surface area contributed by atoms with Crippen molar-refractivity contribution in [2.45, 2.75) is 68.3 Å².